The average molecular weight is 204 g/mol. The van der Waals surface area contributed by atoms with Crippen molar-refractivity contribution in [1.29, 1.82) is 0 Å². The highest BCUT2D eigenvalue weighted by molar-refractivity contribution is 5.29. The fraction of sp³-hybridized carbons (Fsp3) is 0.286. The minimum atomic E-state index is -2.93. The Hall–Kier alpha value is -1.79. The van der Waals surface area contributed by atoms with Gasteiger partial charge in [-0.15, -0.1) is 0 Å². The van der Waals surface area contributed by atoms with Crippen LogP contribution in [0.2, 0.25) is 0 Å². The monoisotopic (exact) mass is 204 g/mol. The molecule has 0 aliphatic carbocycles. The van der Waals surface area contributed by atoms with Gasteiger partial charge in [0.05, 0.1) is 6.07 Å². The number of hydrogen-bond donors (Lipinski definition) is 1. The van der Waals surface area contributed by atoms with Crippen LogP contribution < -0.4 is 5.43 Å². The van der Waals surface area contributed by atoms with E-state index in [2.05, 4.69) is 4.98 Å². The van der Waals surface area contributed by atoms with E-state index in [1.54, 1.807) is 0 Å². The summed E-state index contributed by atoms with van der Waals surface area (Å²) >= 11 is 0. The highest BCUT2D eigenvalue weighted by Gasteiger charge is 2.20. The first kappa shape index (κ1) is 10.3. The number of H-pyrrole nitrogens is 1. The first-order chi connectivity index (χ1) is 6.43. The molecule has 0 fully saturated rings. The fourth-order valence-electron chi connectivity index (χ4n) is 1.05. The van der Waals surface area contributed by atoms with Crippen LogP contribution in [-0.2, 0) is 0 Å². The smallest absolute Gasteiger partial charge is 0.324 e. The molecule has 0 spiro atoms. The number of aromatic amines is 1. The van der Waals surface area contributed by atoms with E-state index in [0.717, 1.165) is 0 Å². The molecule has 76 valence electrons. The molecule has 0 aliphatic heterocycles. The van der Waals surface area contributed by atoms with Crippen LogP contribution in [0.15, 0.2) is 10.9 Å². The molecule has 0 amide bonds. The summed E-state index contributed by atoms with van der Waals surface area (Å²) in [5, 5.41) is 10.2. The lowest BCUT2D eigenvalue weighted by atomic mass is 10.2. The topological polar surface area (TPSA) is 76.0 Å². The van der Waals surface area contributed by atoms with Crippen LogP contribution in [0.4, 0.5) is 14.6 Å². The second-order valence-electron chi connectivity index (χ2n) is 2.62. The van der Waals surface area contributed by atoms with Crippen molar-refractivity contribution in [3.63, 3.8) is 0 Å². The molecule has 14 heavy (non-hydrogen) atoms. The van der Waals surface area contributed by atoms with E-state index < -0.39 is 28.2 Å². The van der Waals surface area contributed by atoms with Gasteiger partial charge in [0, 0.05) is 0 Å². The third-order valence-corrected chi connectivity index (χ3v) is 1.67. The lowest BCUT2D eigenvalue weighted by Crippen LogP contribution is -2.13. The summed E-state index contributed by atoms with van der Waals surface area (Å²) in [6, 6.07) is 0.550. The quantitative estimate of drug-likeness (QED) is 0.586. The van der Waals surface area contributed by atoms with Gasteiger partial charge >= 0.3 is 5.82 Å². The highest BCUT2D eigenvalue weighted by atomic mass is 19.3. The SMILES string of the molecule is Cc1[nH]c([N+](=O)[O-])cc(=O)c1C(F)F. The number of halogens is 2. The Labute approximate surface area is 76.5 Å². The lowest BCUT2D eigenvalue weighted by Gasteiger charge is -2.01. The largest absolute Gasteiger partial charge is 0.358 e. The maximum atomic E-state index is 12.2. The summed E-state index contributed by atoms with van der Waals surface area (Å²) in [5.74, 6) is -0.586. The van der Waals surface area contributed by atoms with Gasteiger partial charge in [-0.3, -0.25) is 4.79 Å². The second-order valence-corrected chi connectivity index (χ2v) is 2.62. The molecule has 5 nitrogen and oxygen atoms in total. The summed E-state index contributed by atoms with van der Waals surface area (Å²) in [7, 11) is 0. The Morgan fingerprint density at radius 3 is 2.50 bits per heavy atom. The molecular weight excluding hydrogens is 198 g/mol. The number of nitrogens with one attached hydrogen (secondary N) is 1. The number of nitrogens with zero attached hydrogens (tertiary/aromatic N) is 1. The number of aromatic nitrogens is 1. The molecule has 1 rings (SSSR count). The zero-order valence-electron chi connectivity index (χ0n) is 7.08. The summed E-state index contributed by atoms with van der Waals surface area (Å²) in [6.45, 7) is 1.19. The van der Waals surface area contributed by atoms with Crippen molar-refractivity contribution in [1.82, 2.24) is 4.98 Å². The third kappa shape index (κ3) is 1.76. The minimum absolute atomic E-state index is 0.181. The van der Waals surface area contributed by atoms with Gasteiger partial charge in [0.15, 0.2) is 5.43 Å². The van der Waals surface area contributed by atoms with Crippen LogP contribution in [0.1, 0.15) is 17.7 Å². The van der Waals surface area contributed by atoms with Crippen molar-refractivity contribution in [2.45, 2.75) is 13.3 Å². The Morgan fingerprint density at radius 2 is 2.14 bits per heavy atom. The van der Waals surface area contributed by atoms with Crippen molar-refractivity contribution in [3.8, 4) is 0 Å². The molecule has 0 bridgehead atoms. The van der Waals surface area contributed by atoms with Crippen LogP contribution >= 0.6 is 0 Å². The molecule has 1 aromatic heterocycles. The first-order valence-electron chi connectivity index (χ1n) is 3.60. The fourth-order valence-corrected chi connectivity index (χ4v) is 1.05. The van der Waals surface area contributed by atoms with Gasteiger partial charge in [0.25, 0.3) is 6.43 Å². The predicted molar refractivity (Wildman–Crippen MR) is 43.4 cm³/mol. The third-order valence-electron chi connectivity index (χ3n) is 1.67. The molecule has 0 radical (unpaired) electrons. The van der Waals surface area contributed by atoms with E-state index in [9.17, 15) is 23.7 Å². The highest BCUT2D eigenvalue weighted by Crippen LogP contribution is 2.19. The van der Waals surface area contributed by atoms with Crippen molar-refractivity contribution < 1.29 is 13.7 Å². The summed E-state index contributed by atoms with van der Waals surface area (Å²) in [5.41, 5.74) is -1.93. The van der Waals surface area contributed by atoms with E-state index in [1.807, 2.05) is 0 Å². The van der Waals surface area contributed by atoms with E-state index in [0.29, 0.717) is 6.07 Å². The Kier molecular flexibility index (Phi) is 2.59. The van der Waals surface area contributed by atoms with Crippen LogP contribution in [0.3, 0.4) is 0 Å². The normalized spacial score (nSPS) is 10.6. The number of nitro groups is 1. The molecule has 7 heteroatoms. The molecule has 0 aromatic carbocycles. The molecule has 0 aliphatic rings. The number of alkyl halides is 2. The van der Waals surface area contributed by atoms with E-state index in [4.69, 9.17) is 0 Å². The molecule has 0 saturated carbocycles. The van der Waals surface area contributed by atoms with Gasteiger partial charge < -0.3 is 10.1 Å². The first-order valence-corrected chi connectivity index (χ1v) is 3.60. The molecule has 0 unspecified atom stereocenters. The van der Waals surface area contributed by atoms with E-state index >= 15 is 0 Å². The molecular formula is C7H6F2N2O3. The van der Waals surface area contributed by atoms with Crippen molar-refractivity contribution in [2.24, 2.45) is 0 Å². The Morgan fingerprint density at radius 1 is 1.57 bits per heavy atom. The number of rotatable bonds is 2. The summed E-state index contributed by atoms with van der Waals surface area (Å²) in [6.07, 6.45) is -2.93. The summed E-state index contributed by atoms with van der Waals surface area (Å²) < 4.78 is 24.5. The molecule has 1 N–H and O–H groups in total. The predicted octanol–water partition coefficient (Wildman–Crippen LogP) is 1.53. The van der Waals surface area contributed by atoms with E-state index in [-0.39, 0.29) is 5.69 Å². The van der Waals surface area contributed by atoms with E-state index in [1.165, 1.54) is 6.92 Å². The van der Waals surface area contributed by atoms with Crippen LogP contribution in [0.25, 0.3) is 0 Å². The van der Waals surface area contributed by atoms with Gasteiger partial charge in [-0.25, -0.2) is 13.8 Å². The van der Waals surface area contributed by atoms with Crippen LogP contribution in [0.5, 0.6) is 0 Å². The maximum absolute atomic E-state index is 12.2. The number of pyridine rings is 1. The zero-order chi connectivity index (χ0) is 10.9. The van der Waals surface area contributed by atoms with Crippen molar-refractivity contribution in [2.75, 3.05) is 0 Å². The minimum Gasteiger partial charge on any atom is -0.358 e. The molecule has 1 aromatic rings. The van der Waals surface area contributed by atoms with Gasteiger partial charge in [0.2, 0.25) is 0 Å². The maximum Gasteiger partial charge on any atom is 0.324 e. The molecule has 0 atom stereocenters. The zero-order valence-corrected chi connectivity index (χ0v) is 7.08. The molecule has 0 saturated heterocycles. The summed E-state index contributed by atoms with van der Waals surface area (Å²) in [4.78, 5) is 22.5. The average Bonchev–Trinajstić information content (AvgIpc) is 2.01. The van der Waals surface area contributed by atoms with Crippen molar-refractivity contribution >= 4 is 5.82 Å². The van der Waals surface area contributed by atoms with Gasteiger partial charge in [-0.1, -0.05) is 0 Å². The number of hydrogen-bond acceptors (Lipinski definition) is 3. The van der Waals surface area contributed by atoms with Crippen LogP contribution in [0, 0.1) is 17.0 Å². The second kappa shape index (κ2) is 3.52. The lowest BCUT2D eigenvalue weighted by molar-refractivity contribution is -0.389. The Bertz CT molecular complexity index is 427. The van der Waals surface area contributed by atoms with Gasteiger partial charge in [-0.05, 0) is 11.8 Å². The molecule has 1 heterocycles. The van der Waals surface area contributed by atoms with Crippen molar-refractivity contribution in [3.05, 3.63) is 37.7 Å². The standard InChI is InChI=1S/C7H6F2N2O3/c1-3-6(7(8)9)4(12)2-5(10-3)11(13)14/h2,7H,1H3,(H,10,12). The number of aryl methyl sites for hydroxylation is 1. The Balaban J connectivity index is 3.40. The van der Waals surface area contributed by atoms with Gasteiger partial charge in [-0.2, -0.15) is 0 Å². The van der Waals surface area contributed by atoms with Gasteiger partial charge in [0.1, 0.15) is 11.3 Å². The van der Waals surface area contributed by atoms with Crippen LogP contribution in [-0.4, -0.2) is 9.91 Å².